The minimum absolute atomic E-state index is 0.120. The van der Waals surface area contributed by atoms with E-state index in [1.54, 1.807) is 23.5 Å². The molecular formula is C58H88O4S2. The molecule has 0 aliphatic heterocycles. The van der Waals surface area contributed by atoms with Crippen LogP contribution in [0, 0.1) is 13.8 Å². The molecule has 0 saturated heterocycles. The first-order valence-electron chi connectivity index (χ1n) is 25.1. The smallest absolute Gasteiger partial charge is 0.119 e. The number of phenolic OH excluding ortho intramolecular Hbond substituents is 4. The van der Waals surface area contributed by atoms with Gasteiger partial charge in [0.15, 0.2) is 0 Å². The number of aromatic hydroxyl groups is 4. The van der Waals surface area contributed by atoms with Crippen molar-refractivity contribution in [1.82, 2.24) is 0 Å². The Morgan fingerprint density at radius 1 is 0.359 bits per heavy atom. The summed E-state index contributed by atoms with van der Waals surface area (Å²) in [6, 6.07) is 16.4. The fourth-order valence-electron chi connectivity index (χ4n) is 8.35. The quantitative estimate of drug-likeness (QED) is 0.0525. The molecule has 4 N–H and O–H groups in total. The number of hydrogen-bond donors (Lipinski definition) is 4. The zero-order valence-electron chi connectivity index (χ0n) is 42.4. The van der Waals surface area contributed by atoms with Gasteiger partial charge in [-0.3, -0.25) is 0 Å². The maximum Gasteiger partial charge on any atom is 0.119 e. The lowest BCUT2D eigenvalue weighted by atomic mass is 9.85. The molecule has 0 aliphatic rings. The fourth-order valence-corrected chi connectivity index (χ4v) is 10.7. The van der Waals surface area contributed by atoms with Gasteiger partial charge >= 0.3 is 0 Å². The van der Waals surface area contributed by atoms with E-state index in [0.29, 0.717) is 23.0 Å². The Balaban J connectivity index is 0.000000357. The molecule has 0 heterocycles. The van der Waals surface area contributed by atoms with Gasteiger partial charge in [0, 0.05) is 30.7 Å². The van der Waals surface area contributed by atoms with Crippen molar-refractivity contribution in [2.75, 3.05) is 0 Å². The van der Waals surface area contributed by atoms with Crippen molar-refractivity contribution in [2.45, 2.75) is 242 Å². The zero-order valence-corrected chi connectivity index (χ0v) is 44.0. The number of phenols is 4. The molecule has 356 valence electrons. The van der Waals surface area contributed by atoms with Crippen molar-refractivity contribution < 1.29 is 20.4 Å². The lowest BCUT2D eigenvalue weighted by molar-refractivity contribution is 0.444. The minimum atomic E-state index is -0.120. The highest BCUT2D eigenvalue weighted by molar-refractivity contribution is 7.99. The van der Waals surface area contributed by atoms with E-state index in [9.17, 15) is 20.4 Å². The highest BCUT2D eigenvalue weighted by Gasteiger charge is 2.24. The average molecular weight is 913 g/mol. The van der Waals surface area contributed by atoms with E-state index in [1.807, 2.05) is 24.3 Å². The first kappa shape index (κ1) is 55.1. The summed E-state index contributed by atoms with van der Waals surface area (Å²) in [7, 11) is 0. The first-order valence-corrected chi connectivity index (χ1v) is 26.7. The maximum atomic E-state index is 10.6. The zero-order chi connectivity index (χ0) is 47.5. The molecule has 4 aromatic carbocycles. The topological polar surface area (TPSA) is 80.9 Å². The molecule has 0 unspecified atom stereocenters. The Labute approximate surface area is 399 Å². The van der Waals surface area contributed by atoms with Crippen LogP contribution in [0.1, 0.15) is 216 Å². The van der Waals surface area contributed by atoms with Gasteiger partial charge in [-0.1, -0.05) is 183 Å². The molecule has 0 amide bonds. The first-order chi connectivity index (χ1) is 30.3. The van der Waals surface area contributed by atoms with Crippen molar-refractivity contribution in [3.8, 4) is 23.0 Å². The van der Waals surface area contributed by atoms with Crippen LogP contribution < -0.4 is 0 Å². The van der Waals surface area contributed by atoms with E-state index in [2.05, 4.69) is 107 Å². The Morgan fingerprint density at radius 2 is 0.672 bits per heavy atom. The van der Waals surface area contributed by atoms with Gasteiger partial charge in [0.2, 0.25) is 0 Å². The molecule has 6 heteroatoms. The molecule has 0 aromatic heterocycles. The van der Waals surface area contributed by atoms with Gasteiger partial charge in [-0.15, -0.1) is 0 Å². The summed E-state index contributed by atoms with van der Waals surface area (Å²) in [6.07, 6.45) is 24.4. The molecule has 4 aromatic rings. The molecule has 0 bridgehead atoms. The van der Waals surface area contributed by atoms with Crippen LogP contribution in [0.2, 0.25) is 0 Å². The molecule has 4 rings (SSSR count). The Bertz CT molecular complexity index is 1880. The van der Waals surface area contributed by atoms with E-state index in [0.717, 1.165) is 83.0 Å². The normalized spacial score (nSPS) is 11.8. The molecule has 0 fully saturated rings. The second-order valence-corrected chi connectivity index (χ2v) is 22.5. The lowest BCUT2D eigenvalue weighted by Gasteiger charge is -2.24. The summed E-state index contributed by atoms with van der Waals surface area (Å²) < 4.78 is 0. The summed E-state index contributed by atoms with van der Waals surface area (Å²) in [4.78, 5) is 4.78. The molecule has 0 aliphatic carbocycles. The number of hydrogen-bond acceptors (Lipinski definition) is 6. The van der Waals surface area contributed by atoms with Gasteiger partial charge in [-0.2, -0.15) is 0 Å². The van der Waals surface area contributed by atoms with Crippen molar-refractivity contribution in [3.63, 3.8) is 0 Å². The van der Waals surface area contributed by atoms with E-state index in [-0.39, 0.29) is 10.8 Å². The number of benzene rings is 4. The third kappa shape index (κ3) is 17.9. The third-order valence-electron chi connectivity index (χ3n) is 12.5. The van der Waals surface area contributed by atoms with Gasteiger partial charge < -0.3 is 20.4 Å². The number of unbranched alkanes of at least 4 members (excludes halogenated alkanes) is 14. The van der Waals surface area contributed by atoms with Crippen molar-refractivity contribution in [1.29, 1.82) is 0 Å². The van der Waals surface area contributed by atoms with Crippen LogP contribution in [-0.4, -0.2) is 20.4 Å². The predicted octanol–water partition coefficient (Wildman–Crippen LogP) is 18.2. The van der Waals surface area contributed by atoms with Gasteiger partial charge in [0.05, 0.1) is 0 Å². The van der Waals surface area contributed by atoms with Gasteiger partial charge in [0.25, 0.3) is 0 Å². The van der Waals surface area contributed by atoms with Crippen LogP contribution >= 0.6 is 23.5 Å². The second-order valence-electron chi connectivity index (χ2n) is 20.3. The SMILES string of the molecule is CCCCCCCCCCc1cc(Sc2cc(CCCCCCCCCC)c(O)cc2C)c(C)cc1O.CCc1cc(O)c(C(C)(C)C)cc1Sc1cc(C(C)(C)C)c(O)cc1CC. The molecule has 0 atom stereocenters. The van der Waals surface area contributed by atoms with Crippen molar-refractivity contribution >= 4 is 23.5 Å². The van der Waals surface area contributed by atoms with E-state index in [1.165, 1.54) is 109 Å². The average Bonchev–Trinajstić information content (AvgIpc) is 3.23. The largest absolute Gasteiger partial charge is 0.508 e. The standard InChI is InChI=1S/C34H54O2S.C24H34O2S/c1-5-7-9-11-13-15-17-19-21-29-25-33(27(3)23-31(29)35)37-34-26-30(32(36)24-28(34)4)22-20-18-16-14-12-10-8-6-2;1-9-15-11-19(25)17(23(3,4)5)13-21(15)27-22-14-18(24(6,7)8)20(26)12-16(22)10-2/h23-26,35-36H,5-22H2,1-4H3;11-14,25-26H,9-10H2,1-8H3. The molecule has 64 heavy (non-hydrogen) atoms. The summed E-state index contributed by atoms with van der Waals surface area (Å²) in [5.41, 5.74) is 8.35. The summed E-state index contributed by atoms with van der Waals surface area (Å²) in [5.74, 6) is 1.62. The molecule has 4 nitrogen and oxygen atoms in total. The molecule has 0 spiro atoms. The molecule has 0 saturated carbocycles. The number of rotatable bonds is 24. The van der Waals surface area contributed by atoms with Gasteiger partial charge in [0.1, 0.15) is 23.0 Å². The Kier molecular flexibility index (Phi) is 23.6. The highest BCUT2D eigenvalue weighted by Crippen LogP contribution is 2.44. The van der Waals surface area contributed by atoms with Crippen LogP contribution in [-0.2, 0) is 36.5 Å². The monoisotopic (exact) mass is 913 g/mol. The fraction of sp³-hybridized carbons (Fsp3) is 0.586. The van der Waals surface area contributed by atoms with E-state index in [4.69, 9.17) is 0 Å². The van der Waals surface area contributed by atoms with Crippen LogP contribution in [0.15, 0.2) is 68.1 Å². The summed E-state index contributed by atoms with van der Waals surface area (Å²) in [5, 5.41) is 42.1. The highest BCUT2D eigenvalue weighted by atomic mass is 32.2. The summed E-state index contributed by atoms with van der Waals surface area (Å²) in [6.45, 7) is 25.7. The van der Waals surface area contributed by atoms with E-state index >= 15 is 0 Å². The number of aryl methyl sites for hydroxylation is 6. The van der Waals surface area contributed by atoms with Crippen molar-refractivity contribution in [2.24, 2.45) is 0 Å². The van der Waals surface area contributed by atoms with Crippen LogP contribution in [0.3, 0.4) is 0 Å². The second kappa shape index (κ2) is 27.4. The lowest BCUT2D eigenvalue weighted by Crippen LogP contribution is -2.12. The molecular weight excluding hydrogens is 825 g/mol. The predicted molar refractivity (Wildman–Crippen MR) is 279 cm³/mol. The van der Waals surface area contributed by atoms with Crippen LogP contribution in [0.5, 0.6) is 23.0 Å². The Morgan fingerprint density at radius 3 is 0.984 bits per heavy atom. The van der Waals surface area contributed by atoms with Gasteiger partial charge in [-0.05, 0) is 145 Å². The Hall–Kier alpha value is -3.22. The maximum absolute atomic E-state index is 10.6. The minimum Gasteiger partial charge on any atom is -0.508 e. The third-order valence-corrected chi connectivity index (χ3v) is 15.0. The molecule has 0 radical (unpaired) electrons. The van der Waals surface area contributed by atoms with Crippen LogP contribution in [0.25, 0.3) is 0 Å². The van der Waals surface area contributed by atoms with Crippen molar-refractivity contribution in [3.05, 3.63) is 93.0 Å². The summed E-state index contributed by atoms with van der Waals surface area (Å²) >= 11 is 3.52. The van der Waals surface area contributed by atoms with Gasteiger partial charge in [-0.25, -0.2) is 0 Å². The van der Waals surface area contributed by atoms with Crippen LogP contribution in [0.4, 0.5) is 0 Å². The van der Waals surface area contributed by atoms with E-state index < -0.39 is 0 Å².